The maximum atomic E-state index is 15.7. The number of nitrogens with zero attached hydrogens (tertiary/aromatic N) is 4. The molecule has 3 atom stereocenters. The fraction of sp³-hybridized carbons (Fsp3) is 0.517. The van der Waals surface area contributed by atoms with Crippen LogP contribution in [0.4, 0.5) is 13.6 Å². The summed E-state index contributed by atoms with van der Waals surface area (Å²) in [6, 6.07) is 9.81. The number of benzene rings is 2. The van der Waals surface area contributed by atoms with E-state index in [9.17, 15) is 10.1 Å². The van der Waals surface area contributed by atoms with Crippen molar-refractivity contribution in [3.63, 3.8) is 0 Å². The maximum absolute atomic E-state index is 15.7. The Morgan fingerprint density at radius 2 is 1.82 bits per heavy atom. The van der Waals surface area contributed by atoms with Gasteiger partial charge in [-0.15, -0.1) is 0 Å². The molecule has 3 unspecified atom stereocenters. The van der Waals surface area contributed by atoms with Crippen molar-refractivity contribution in [2.45, 2.75) is 45.6 Å². The van der Waals surface area contributed by atoms with Gasteiger partial charge in [-0.1, -0.05) is 69.1 Å². The van der Waals surface area contributed by atoms with Gasteiger partial charge in [0.05, 0.1) is 17.1 Å². The van der Waals surface area contributed by atoms with Gasteiger partial charge in [0.1, 0.15) is 17.0 Å². The molecule has 2 heterocycles. The second kappa shape index (κ2) is 11.0. The Labute approximate surface area is 233 Å². The van der Waals surface area contributed by atoms with Crippen LogP contribution in [0.3, 0.4) is 0 Å². The Morgan fingerprint density at radius 3 is 2.39 bits per heavy atom. The van der Waals surface area contributed by atoms with Crippen molar-refractivity contribution in [1.29, 1.82) is 5.26 Å². The second-order valence-electron chi connectivity index (χ2n) is 11.5. The number of amides is 2. The average Bonchev–Trinajstić information content (AvgIpc) is 3.18. The molecule has 38 heavy (non-hydrogen) atoms. The smallest absolute Gasteiger partial charge is 0.320 e. The summed E-state index contributed by atoms with van der Waals surface area (Å²) in [5.74, 6) is -1.85. The zero-order valence-electron chi connectivity index (χ0n) is 22.3. The lowest BCUT2D eigenvalue weighted by atomic mass is 9.63. The molecule has 2 aromatic rings. The Hall–Kier alpha value is -2.40. The summed E-state index contributed by atoms with van der Waals surface area (Å²) in [5.41, 5.74) is -1.62. The molecule has 0 bridgehead atoms. The lowest BCUT2D eigenvalue weighted by Gasteiger charge is -2.40. The van der Waals surface area contributed by atoms with Gasteiger partial charge < -0.3 is 14.7 Å². The number of hydrogen-bond donors (Lipinski definition) is 0. The number of halogens is 4. The van der Waals surface area contributed by atoms with Gasteiger partial charge >= 0.3 is 6.03 Å². The largest absolute Gasteiger partial charge is 0.322 e. The van der Waals surface area contributed by atoms with Gasteiger partial charge in [-0.05, 0) is 36.6 Å². The monoisotopic (exact) mass is 562 g/mol. The highest BCUT2D eigenvalue weighted by atomic mass is 35.5. The van der Waals surface area contributed by atoms with E-state index in [1.165, 1.54) is 24.3 Å². The maximum Gasteiger partial charge on any atom is 0.320 e. The summed E-state index contributed by atoms with van der Waals surface area (Å²) in [7, 11) is 0. The zero-order chi connectivity index (χ0) is 27.8. The van der Waals surface area contributed by atoms with E-state index >= 15 is 8.78 Å². The van der Waals surface area contributed by atoms with Crippen LogP contribution < -0.4 is 0 Å². The van der Waals surface area contributed by atoms with Crippen molar-refractivity contribution in [3.05, 3.63) is 69.2 Å². The fourth-order valence-electron chi connectivity index (χ4n) is 6.10. The third-order valence-corrected chi connectivity index (χ3v) is 8.36. The van der Waals surface area contributed by atoms with E-state index in [0.29, 0.717) is 19.5 Å². The van der Waals surface area contributed by atoms with Crippen molar-refractivity contribution >= 4 is 29.2 Å². The van der Waals surface area contributed by atoms with E-state index in [4.69, 9.17) is 23.2 Å². The molecule has 0 saturated carbocycles. The van der Waals surface area contributed by atoms with E-state index in [1.54, 1.807) is 21.9 Å². The van der Waals surface area contributed by atoms with Gasteiger partial charge in [0.25, 0.3) is 0 Å². The third kappa shape index (κ3) is 5.23. The van der Waals surface area contributed by atoms with Crippen molar-refractivity contribution in [3.8, 4) is 6.07 Å². The Morgan fingerprint density at radius 1 is 1.13 bits per heavy atom. The molecule has 204 valence electrons. The van der Waals surface area contributed by atoms with E-state index < -0.39 is 29.0 Å². The van der Waals surface area contributed by atoms with Crippen LogP contribution in [0.5, 0.6) is 0 Å². The molecule has 2 saturated heterocycles. The van der Waals surface area contributed by atoms with Crippen LogP contribution in [0.25, 0.3) is 0 Å². The first kappa shape index (κ1) is 28.6. The second-order valence-corrected chi connectivity index (χ2v) is 12.3. The first-order valence-electron chi connectivity index (χ1n) is 13.0. The SMILES string of the molecule is CCN1CCN(C(=O)N2CC(CC(C)(C)C)C(C#N)(c3ccc(Cl)cc3F)C2c2cccc(Cl)c2F)CC1. The molecule has 9 heteroatoms. The fourth-order valence-corrected chi connectivity index (χ4v) is 6.44. The predicted molar refractivity (Wildman–Crippen MR) is 146 cm³/mol. The van der Waals surface area contributed by atoms with E-state index in [0.717, 1.165) is 19.6 Å². The number of nitriles is 1. The Balaban J connectivity index is 1.93. The first-order chi connectivity index (χ1) is 17.9. The predicted octanol–water partition coefficient (Wildman–Crippen LogP) is 6.90. The van der Waals surface area contributed by atoms with Gasteiger partial charge in [0, 0.05) is 54.8 Å². The third-order valence-electron chi connectivity index (χ3n) is 7.84. The Bertz CT molecular complexity index is 1240. The van der Waals surface area contributed by atoms with Crippen molar-refractivity contribution in [2.24, 2.45) is 11.3 Å². The molecule has 4 rings (SSSR count). The normalized spacial score (nSPS) is 24.5. The number of carbonyl (C=O) groups is 1. The van der Waals surface area contributed by atoms with E-state index in [1.807, 2.05) is 20.8 Å². The van der Waals surface area contributed by atoms with Crippen LogP contribution in [0.2, 0.25) is 10.0 Å². The highest BCUT2D eigenvalue weighted by molar-refractivity contribution is 6.31. The number of carbonyl (C=O) groups excluding carboxylic acids is 1. The van der Waals surface area contributed by atoms with Crippen molar-refractivity contribution in [2.75, 3.05) is 39.3 Å². The highest BCUT2D eigenvalue weighted by Gasteiger charge is 2.60. The summed E-state index contributed by atoms with van der Waals surface area (Å²) < 4.78 is 31.4. The molecule has 0 spiro atoms. The zero-order valence-corrected chi connectivity index (χ0v) is 23.8. The van der Waals surface area contributed by atoms with Gasteiger partial charge in [0.15, 0.2) is 0 Å². The standard InChI is InChI=1S/C29H34Cl2F2N4O/c1-5-35-11-13-36(14-12-35)27(38)37-17-19(16-28(2,3)4)29(18-34,22-10-9-20(30)15-24(22)32)26(37)21-7-6-8-23(31)25(21)33/h6-10,15,19,26H,5,11-14,16-17H2,1-4H3. The summed E-state index contributed by atoms with van der Waals surface area (Å²) in [6.07, 6.45) is 0.509. The lowest BCUT2D eigenvalue weighted by molar-refractivity contribution is 0.108. The molecule has 2 aliphatic heterocycles. The van der Waals surface area contributed by atoms with Crippen LogP contribution in [0.15, 0.2) is 36.4 Å². The molecule has 2 aliphatic rings. The topological polar surface area (TPSA) is 50.6 Å². The molecular weight excluding hydrogens is 529 g/mol. The molecule has 0 aliphatic carbocycles. The lowest BCUT2D eigenvalue weighted by Crippen LogP contribution is -2.53. The van der Waals surface area contributed by atoms with E-state index in [2.05, 4.69) is 17.9 Å². The van der Waals surface area contributed by atoms with Gasteiger partial charge in [-0.25, -0.2) is 13.6 Å². The quantitative estimate of drug-likeness (QED) is 0.407. The highest BCUT2D eigenvalue weighted by Crippen LogP contribution is 2.56. The van der Waals surface area contributed by atoms with Crippen LogP contribution in [-0.2, 0) is 5.41 Å². The number of rotatable bonds is 4. The average molecular weight is 564 g/mol. The molecule has 5 nitrogen and oxygen atoms in total. The van der Waals surface area contributed by atoms with Crippen molar-refractivity contribution in [1.82, 2.24) is 14.7 Å². The number of likely N-dealkylation sites (tertiary alicyclic amines) is 1. The summed E-state index contributed by atoms with van der Waals surface area (Å²) >= 11 is 12.3. The minimum Gasteiger partial charge on any atom is -0.322 e. The molecule has 2 fully saturated rings. The molecule has 0 radical (unpaired) electrons. The van der Waals surface area contributed by atoms with Gasteiger partial charge in [0.2, 0.25) is 0 Å². The van der Waals surface area contributed by atoms with Crippen LogP contribution in [0.1, 0.15) is 51.3 Å². The van der Waals surface area contributed by atoms with Crippen LogP contribution in [0, 0.1) is 34.3 Å². The summed E-state index contributed by atoms with van der Waals surface area (Å²) in [5, 5.41) is 11.0. The van der Waals surface area contributed by atoms with Gasteiger partial charge in [-0.3, -0.25) is 0 Å². The first-order valence-corrected chi connectivity index (χ1v) is 13.8. The molecule has 0 aromatic heterocycles. The van der Waals surface area contributed by atoms with Crippen LogP contribution >= 0.6 is 23.2 Å². The van der Waals surface area contributed by atoms with Gasteiger partial charge in [-0.2, -0.15) is 5.26 Å². The minimum atomic E-state index is -1.58. The summed E-state index contributed by atoms with van der Waals surface area (Å²) in [4.78, 5) is 19.7. The molecule has 0 N–H and O–H groups in total. The number of piperazine rings is 1. The molecular formula is C29H34Cl2F2N4O. The van der Waals surface area contributed by atoms with Crippen LogP contribution in [-0.4, -0.2) is 60.0 Å². The number of urea groups is 1. The van der Waals surface area contributed by atoms with E-state index in [-0.39, 0.29) is 39.2 Å². The number of hydrogen-bond acceptors (Lipinski definition) is 3. The minimum absolute atomic E-state index is 0.102. The Kier molecular flexibility index (Phi) is 8.28. The molecule has 2 amide bonds. The summed E-state index contributed by atoms with van der Waals surface area (Å²) in [6.45, 7) is 11.8. The van der Waals surface area contributed by atoms with Crippen molar-refractivity contribution < 1.29 is 13.6 Å². The molecule has 2 aromatic carbocycles. The number of likely N-dealkylation sites (N-methyl/N-ethyl adjacent to an activating group) is 1.